The van der Waals surface area contributed by atoms with Crippen LogP contribution >= 0.6 is 0 Å². The molecule has 0 saturated heterocycles. The SMILES string of the molecule is Cc1ccc(NC(=O)C(=O)NCC(c2cn(C)c3ccccc23)N(C)C)c(C)c1. The quantitative estimate of drug-likeness (QED) is 0.656. The normalized spacial score (nSPS) is 12.2. The molecule has 2 aromatic carbocycles. The number of nitrogens with zero attached hydrogens (tertiary/aromatic N) is 2. The number of hydrogen-bond acceptors (Lipinski definition) is 3. The molecule has 1 heterocycles. The molecule has 0 aliphatic carbocycles. The number of hydrogen-bond donors (Lipinski definition) is 2. The number of carbonyl (C=O) groups excluding carboxylic acids is 2. The van der Waals surface area contributed by atoms with Crippen molar-refractivity contribution in [3.8, 4) is 0 Å². The van der Waals surface area contributed by atoms with Crippen LogP contribution in [-0.2, 0) is 16.6 Å². The van der Waals surface area contributed by atoms with Gasteiger partial charge in [-0.05, 0) is 51.2 Å². The third-order valence-electron chi connectivity index (χ3n) is 5.20. The molecule has 1 atom stereocenters. The second kappa shape index (κ2) is 8.49. The fourth-order valence-corrected chi connectivity index (χ4v) is 3.61. The minimum atomic E-state index is -0.660. The lowest BCUT2D eigenvalue weighted by Gasteiger charge is -2.24. The van der Waals surface area contributed by atoms with E-state index in [-0.39, 0.29) is 6.04 Å². The predicted octanol–water partition coefficient (Wildman–Crippen LogP) is 3.15. The van der Waals surface area contributed by atoms with Crippen LogP contribution in [0, 0.1) is 13.8 Å². The van der Waals surface area contributed by atoms with Crippen molar-refractivity contribution in [2.45, 2.75) is 19.9 Å². The molecule has 0 radical (unpaired) electrons. The second-order valence-electron chi connectivity index (χ2n) is 7.67. The van der Waals surface area contributed by atoms with Crippen LogP contribution in [0.5, 0.6) is 0 Å². The van der Waals surface area contributed by atoms with Gasteiger partial charge in [-0.2, -0.15) is 0 Å². The van der Waals surface area contributed by atoms with Crippen molar-refractivity contribution in [2.75, 3.05) is 26.0 Å². The molecule has 152 valence electrons. The number of benzene rings is 2. The summed E-state index contributed by atoms with van der Waals surface area (Å²) in [6, 6.07) is 13.8. The van der Waals surface area contributed by atoms with Gasteiger partial charge in [-0.25, -0.2) is 0 Å². The number of aryl methyl sites for hydroxylation is 3. The Labute approximate surface area is 171 Å². The molecule has 3 aromatic rings. The summed E-state index contributed by atoms with van der Waals surface area (Å²) in [5.74, 6) is -1.30. The number of nitrogens with one attached hydrogen (secondary N) is 2. The highest BCUT2D eigenvalue weighted by Crippen LogP contribution is 2.28. The number of rotatable bonds is 5. The zero-order valence-electron chi connectivity index (χ0n) is 17.6. The summed E-state index contributed by atoms with van der Waals surface area (Å²) in [6.45, 7) is 4.23. The van der Waals surface area contributed by atoms with E-state index in [1.54, 1.807) is 0 Å². The minimum absolute atomic E-state index is 0.0565. The number of fused-ring (bicyclic) bond motifs is 1. The van der Waals surface area contributed by atoms with Crippen molar-refractivity contribution in [1.82, 2.24) is 14.8 Å². The molecule has 29 heavy (non-hydrogen) atoms. The molecule has 2 N–H and O–H groups in total. The van der Waals surface area contributed by atoms with E-state index in [4.69, 9.17) is 0 Å². The van der Waals surface area contributed by atoms with Crippen LogP contribution in [0.1, 0.15) is 22.7 Å². The van der Waals surface area contributed by atoms with Crippen LogP contribution < -0.4 is 10.6 Å². The summed E-state index contributed by atoms with van der Waals surface area (Å²) in [6.07, 6.45) is 2.08. The van der Waals surface area contributed by atoms with Crippen molar-refractivity contribution < 1.29 is 9.59 Å². The summed E-state index contributed by atoms with van der Waals surface area (Å²) in [5.41, 5.74) is 4.92. The molecular formula is C23H28N4O2. The van der Waals surface area contributed by atoms with Crippen molar-refractivity contribution in [3.05, 3.63) is 65.4 Å². The van der Waals surface area contributed by atoms with E-state index in [2.05, 4.69) is 33.5 Å². The van der Waals surface area contributed by atoms with E-state index in [9.17, 15) is 9.59 Å². The maximum absolute atomic E-state index is 12.4. The Morgan fingerprint density at radius 3 is 2.48 bits per heavy atom. The van der Waals surface area contributed by atoms with Gasteiger partial charge in [0.25, 0.3) is 0 Å². The van der Waals surface area contributed by atoms with E-state index in [1.165, 1.54) is 0 Å². The van der Waals surface area contributed by atoms with Crippen LogP contribution in [0.3, 0.4) is 0 Å². The molecule has 0 aliphatic heterocycles. The van der Waals surface area contributed by atoms with E-state index in [1.807, 2.05) is 70.2 Å². The molecular weight excluding hydrogens is 364 g/mol. The molecule has 6 heteroatoms. The first-order chi connectivity index (χ1) is 13.8. The Bertz CT molecular complexity index is 1050. The third-order valence-corrected chi connectivity index (χ3v) is 5.20. The molecule has 3 rings (SSSR count). The Hall–Kier alpha value is -3.12. The van der Waals surface area contributed by atoms with Crippen LogP contribution in [-0.4, -0.2) is 41.9 Å². The average Bonchev–Trinajstić information content (AvgIpc) is 3.00. The molecule has 0 aliphatic rings. The van der Waals surface area contributed by atoms with Gasteiger partial charge in [-0.1, -0.05) is 35.9 Å². The molecule has 1 unspecified atom stereocenters. The van der Waals surface area contributed by atoms with Gasteiger partial charge in [0.05, 0.1) is 6.04 Å². The van der Waals surface area contributed by atoms with Crippen molar-refractivity contribution in [2.24, 2.45) is 7.05 Å². The first kappa shape index (κ1) is 20.6. The first-order valence-corrected chi connectivity index (χ1v) is 9.64. The Kier molecular flexibility index (Phi) is 6.03. The third kappa shape index (κ3) is 4.49. The highest BCUT2D eigenvalue weighted by molar-refractivity contribution is 6.39. The summed E-state index contributed by atoms with van der Waals surface area (Å²) in [7, 11) is 5.94. The summed E-state index contributed by atoms with van der Waals surface area (Å²) >= 11 is 0. The van der Waals surface area contributed by atoms with Crippen molar-refractivity contribution in [3.63, 3.8) is 0 Å². The molecule has 0 fully saturated rings. The highest BCUT2D eigenvalue weighted by atomic mass is 16.2. The van der Waals surface area contributed by atoms with Crippen molar-refractivity contribution >= 4 is 28.4 Å². The van der Waals surface area contributed by atoms with Crippen LogP contribution in [0.15, 0.2) is 48.7 Å². The van der Waals surface area contributed by atoms with E-state index < -0.39 is 11.8 Å². The minimum Gasteiger partial charge on any atom is -0.350 e. The monoisotopic (exact) mass is 392 g/mol. The van der Waals surface area contributed by atoms with Crippen molar-refractivity contribution in [1.29, 1.82) is 0 Å². The number of likely N-dealkylation sites (N-methyl/N-ethyl adjacent to an activating group) is 1. The van der Waals surface area contributed by atoms with Gasteiger partial charge in [0.15, 0.2) is 0 Å². The maximum Gasteiger partial charge on any atom is 0.313 e. The smallest absolute Gasteiger partial charge is 0.313 e. The molecule has 6 nitrogen and oxygen atoms in total. The summed E-state index contributed by atoms with van der Waals surface area (Å²) in [4.78, 5) is 26.8. The number of carbonyl (C=O) groups is 2. The lowest BCUT2D eigenvalue weighted by Crippen LogP contribution is -2.40. The standard InChI is InChI=1S/C23H28N4O2/c1-15-10-11-19(16(2)12-15)25-23(29)22(28)24-13-21(26(3)4)18-14-27(5)20-9-7-6-8-17(18)20/h6-12,14,21H,13H2,1-5H3,(H,24,28)(H,25,29). The van der Waals surface area contributed by atoms with E-state index >= 15 is 0 Å². The largest absolute Gasteiger partial charge is 0.350 e. The predicted molar refractivity (Wildman–Crippen MR) is 117 cm³/mol. The fourth-order valence-electron chi connectivity index (χ4n) is 3.61. The van der Waals surface area contributed by atoms with Gasteiger partial charge >= 0.3 is 11.8 Å². The summed E-state index contributed by atoms with van der Waals surface area (Å²) in [5, 5.41) is 6.62. The number of para-hydroxylation sites is 1. The lowest BCUT2D eigenvalue weighted by molar-refractivity contribution is -0.136. The summed E-state index contributed by atoms with van der Waals surface area (Å²) < 4.78 is 2.08. The molecule has 2 amide bonds. The molecule has 0 bridgehead atoms. The van der Waals surface area contributed by atoms with Gasteiger partial charge in [0.1, 0.15) is 0 Å². The van der Waals surface area contributed by atoms with Gasteiger partial charge < -0.3 is 20.1 Å². The molecule has 0 saturated carbocycles. The van der Waals surface area contributed by atoms with Gasteiger partial charge in [0, 0.05) is 36.4 Å². The van der Waals surface area contributed by atoms with E-state index in [0.717, 1.165) is 27.6 Å². The van der Waals surface area contributed by atoms with E-state index in [0.29, 0.717) is 12.2 Å². The zero-order chi connectivity index (χ0) is 21.1. The molecule has 0 spiro atoms. The van der Waals surface area contributed by atoms with Crippen LogP contribution in [0.25, 0.3) is 10.9 Å². The Morgan fingerprint density at radius 1 is 1.07 bits per heavy atom. The van der Waals surface area contributed by atoms with Crippen LogP contribution in [0.2, 0.25) is 0 Å². The number of anilines is 1. The second-order valence-corrected chi connectivity index (χ2v) is 7.67. The molecule has 1 aromatic heterocycles. The maximum atomic E-state index is 12.4. The zero-order valence-corrected chi connectivity index (χ0v) is 17.6. The average molecular weight is 393 g/mol. The topological polar surface area (TPSA) is 66.4 Å². The Balaban J connectivity index is 1.71. The fraction of sp³-hybridized carbons (Fsp3) is 0.304. The Morgan fingerprint density at radius 2 is 1.79 bits per heavy atom. The van der Waals surface area contributed by atoms with Gasteiger partial charge in [-0.3, -0.25) is 9.59 Å². The lowest BCUT2D eigenvalue weighted by atomic mass is 10.0. The first-order valence-electron chi connectivity index (χ1n) is 9.64. The van der Waals surface area contributed by atoms with Crippen LogP contribution in [0.4, 0.5) is 5.69 Å². The van der Waals surface area contributed by atoms with Gasteiger partial charge in [0.2, 0.25) is 0 Å². The number of aromatic nitrogens is 1. The number of amides is 2. The van der Waals surface area contributed by atoms with Gasteiger partial charge in [-0.15, -0.1) is 0 Å². The highest BCUT2D eigenvalue weighted by Gasteiger charge is 2.22.